The van der Waals surface area contributed by atoms with Gasteiger partial charge in [0.25, 0.3) is 0 Å². The monoisotopic (exact) mass is 357 g/mol. The molecule has 0 aliphatic carbocycles. The van der Waals surface area contributed by atoms with Crippen molar-refractivity contribution in [2.75, 3.05) is 37.9 Å². The first-order valence-corrected chi connectivity index (χ1v) is 8.58. The molecule has 2 aromatic rings. The van der Waals surface area contributed by atoms with Gasteiger partial charge in [-0.05, 0) is 17.7 Å². The first-order chi connectivity index (χ1) is 12.2. The van der Waals surface area contributed by atoms with Crippen molar-refractivity contribution in [1.29, 1.82) is 0 Å². The predicted molar refractivity (Wildman–Crippen MR) is 98.0 cm³/mol. The van der Waals surface area contributed by atoms with Gasteiger partial charge in [0.05, 0.1) is 0 Å². The number of benzene rings is 1. The number of nitrogens with two attached hydrogens (primary N) is 1. The Balaban J connectivity index is 1.40. The molecular formula is C17H19N5O2S. The van der Waals surface area contributed by atoms with Gasteiger partial charge in [0.1, 0.15) is 10.7 Å². The molecule has 0 saturated carbocycles. The van der Waals surface area contributed by atoms with E-state index in [1.807, 2.05) is 6.07 Å². The summed E-state index contributed by atoms with van der Waals surface area (Å²) in [6, 6.07) is 6.12. The molecule has 25 heavy (non-hydrogen) atoms. The van der Waals surface area contributed by atoms with Crippen molar-refractivity contribution in [3.8, 4) is 11.5 Å². The van der Waals surface area contributed by atoms with Crippen LogP contribution in [0.1, 0.15) is 11.3 Å². The smallest absolute Gasteiger partial charge is 0.231 e. The molecule has 0 spiro atoms. The van der Waals surface area contributed by atoms with Gasteiger partial charge in [0, 0.05) is 45.1 Å². The fourth-order valence-electron chi connectivity index (χ4n) is 3.15. The molecule has 0 unspecified atom stereocenters. The minimum atomic E-state index is 0.283. The van der Waals surface area contributed by atoms with Crippen LogP contribution in [0, 0.1) is 0 Å². The zero-order valence-electron chi connectivity index (χ0n) is 13.7. The van der Waals surface area contributed by atoms with Gasteiger partial charge < -0.3 is 20.1 Å². The van der Waals surface area contributed by atoms with Crippen LogP contribution in [0.15, 0.2) is 30.6 Å². The van der Waals surface area contributed by atoms with Crippen LogP contribution in [0.5, 0.6) is 11.5 Å². The van der Waals surface area contributed by atoms with Gasteiger partial charge in [-0.25, -0.2) is 9.97 Å². The van der Waals surface area contributed by atoms with E-state index in [1.165, 1.54) is 5.56 Å². The first kappa shape index (κ1) is 16.0. The van der Waals surface area contributed by atoms with Crippen molar-refractivity contribution in [3.05, 3.63) is 41.9 Å². The number of rotatable bonds is 4. The quantitative estimate of drug-likeness (QED) is 0.817. The highest BCUT2D eigenvalue weighted by Crippen LogP contribution is 2.32. The minimum absolute atomic E-state index is 0.283. The number of nitrogens with zero attached hydrogens (tertiary/aromatic N) is 4. The van der Waals surface area contributed by atoms with Crippen LogP contribution < -0.4 is 20.1 Å². The third-order valence-electron chi connectivity index (χ3n) is 4.43. The van der Waals surface area contributed by atoms with Crippen LogP contribution in [0.25, 0.3) is 0 Å². The van der Waals surface area contributed by atoms with Gasteiger partial charge in [-0.2, -0.15) is 0 Å². The maximum atomic E-state index is 5.77. The third-order valence-corrected chi connectivity index (χ3v) is 4.62. The largest absolute Gasteiger partial charge is 0.454 e. The van der Waals surface area contributed by atoms with E-state index in [9.17, 15) is 0 Å². The normalized spacial score (nSPS) is 16.9. The van der Waals surface area contributed by atoms with Crippen LogP contribution in [-0.4, -0.2) is 52.8 Å². The highest BCUT2D eigenvalue weighted by molar-refractivity contribution is 7.80. The molecule has 1 saturated heterocycles. The highest BCUT2D eigenvalue weighted by atomic mass is 32.1. The summed E-state index contributed by atoms with van der Waals surface area (Å²) in [6.07, 6.45) is 3.30. The number of fused-ring (bicyclic) bond motifs is 1. The second-order valence-electron chi connectivity index (χ2n) is 6.04. The van der Waals surface area contributed by atoms with Crippen molar-refractivity contribution in [3.63, 3.8) is 0 Å². The van der Waals surface area contributed by atoms with E-state index in [0.29, 0.717) is 12.5 Å². The summed E-state index contributed by atoms with van der Waals surface area (Å²) in [4.78, 5) is 13.6. The second-order valence-corrected chi connectivity index (χ2v) is 6.48. The fraction of sp³-hybridized carbons (Fsp3) is 0.353. The first-order valence-electron chi connectivity index (χ1n) is 8.17. The SMILES string of the molecule is NC(=S)c1nccnc1N1CCN(Cc2ccc3c(c2)OCO3)CC1. The van der Waals surface area contributed by atoms with E-state index >= 15 is 0 Å². The Morgan fingerprint density at radius 1 is 1.08 bits per heavy atom. The van der Waals surface area contributed by atoms with Crippen molar-refractivity contribution in [1.82, 2.24) is 14.9 Å². The molecule has 0 amide bonds. The zero-order valence-corrected chi connectivity index (χ0v) is 14.5. The van der Waals surface area contributed by atoms with Crippen LogP contribution in [-0.2, 0) is 6.54 Å². The van der Waals surface area contributed by atoms with E-state index in [4.69, 9.17) is 27.4 Å². The van der Waals surface area contributed by atoms with Crippen LogP contribution in [0.4, 0.5) is 5.82 Å². The molecule has 1 aromatic carbocycles. The third kappa shape index (κ3) is 3.35. The summed E-state index contributed by atoms with van der Waals surface area (Å²) in [6.45, 7) is 4.77. The average Bonchev–Trinajstić information content (AvgIpc) is 3.10. The molecule has 2 aliphatic rings. The average molecular weight is 357 g/mol. The summed E-state index contributed by atoms with van der Waals surface area (Å²) < 4.78 is 10.8. The van der Waals surface area contributed by atoms with E-state index in [1.54, 1.807) is 12.4 Å². The summed E-state index contributed by atoms with van der Waals surface area (Å²) >= 11 is 5.08. The van der Waals surface area contributed by atoms with Gasteiger partial charge in [0.2, 0.25) is 6.79 Å². The zero-order chi connectivity index (χ0) is 17.2. The Kier molecular flexibility index (Phi) is 4.37. The molecule has 0 atom stereocenters. The molecule has 2 N–H and O–H groups in total. The Morgan fingerprint density at radius 2 is 1.84 bits per heavy atom. The molecule has 1 fully saturated rings. The highest BCUT2D eigenvalue weighted by Gasteiger charge is 2.22. The lowest BCUT2D eigenvalue weighted by Crippen LogP contribution is -2.46. The number of ether oxygens (including phenoxy) is 2. The lowest BCUT2D eigenvalue weighted by Gasteiger charge is -2.35. The van der Waals surface area contributed by atoms with Gasteiger partial charge in [-0.15, -0.1) is 0 Å². The summed E-state index contributed by atoms with van der Waals surface area (Å²) in [5.41, 5.74) is 7.59. The fourth-order valence-corrected chi connectivity index (χ4v) is 3.30. The Hall–Kier alpha value is -2.45. The maximum absolute atomic E-state index is 5.77. The molecule has 8 heteroatoms. The topological polar surface area (TPSA) is 76.7 Å². The molecule has 2 aliphatic heterocycles. The number of aromatic nitrogens is 2. The van der Waals surface area contributed by atoms with Gasteiger partial charge in [-0.3, -0.25) is 4.90 Å². The Labute approximate surface area is 151 Å². The molecule has 4 rings (SSSR count). The lowest BCUT2D eigenvalue weighted by molar-refractivity contribution is 0.174. The second kappa shape index (κ2) is 6.81. The van der Waals surface area contributed by atoms with E-state index in [-0.39, 0.29) is 4.99 Å². The Bertz CT molecular complexity index is 792. The van der Waals surface area contributed by atoms with Gasteiger partial charge >= 0.3 is 0 Å². The van der Waals surface area contributed by atoms with E-state index in [2.05, 4.69) is 31.9 Å². The van der Waals surface area contributed by atoms with Crippen molar-refractivity contribution >= 4 is 23.0 Å². The lowest BCUT2D eigenvalue weighted by atomic mass is 10.1. The van der Waals surface area contributed by atoms with Gasteiger partial charge in [-0.1, -0.05) is 18.3 Å². The van der Waals surface area contributed by atoms with Crippen molar-refractivity contribution in [2.45, 2.75) is 6.54 Å². The van der Waals surface area contributed by atoms with Crippen LogP contribution in [0.2, 0.25) is 0 Å². The van der Waals surface area contributed by atoms with E-state index < -0.39 is 0 Å². The van der Waals surface area contributed by atoms with Crippen LogP contribution in [0.3, 0.4) is 0 Å². The number of hydrogen-bond acceptors (Lipinski definition) is 7. The van der Waals surface area contributed by atoms with Crippen molar-refractivity contribution in [2.24, 2.45) is 5.73 Å². The van der Waals surface area contributed by atoms with Crippen LogP contribution >= 0.6 is 12.2 Å². The predicted octanol–water partition coefficient (Wildman–Crippen LogP) is 1.16. The number of thiocarbonyl (C=S) groups is 1. The molecule has 1 aromatic heterocycles. The van der Waals surface area contributed by atoms with E-state index in [0.717, 1.165) is 50.0 Å². The summed E-state index contributed by atoms with van der Waals surface area (Å²) in [5.74, 6) is 2.43. The number of hydrogen-bond donors (Lipinski definition) is 1. The molecular weight excluding hydrogens is 338 g/mol. The Morgan fingerprint density at radius 3 is 2.64 bits per heavy atom. The maximum Gasteiger partial charge on any atom is 0.231 e. The van der Waals surface area contributed by atoms with Crippen molar-refractivity contribution < 1.29 is 9.47 Å². The molecule has 3 heterocycles. The molecule has 0 radical (unpaired) electrons. The molecule has 130 valence electrons. The minimum Gasteiger partial charge on any atom is -0.454 e. The molecule has 0 bridgehead atoms. The number of anilines is 1. The summed E-state index contributed by atoms with van der Waals surface area (Å²) in [5, 5.41) is 0. The molecule has 7 nitrogen and oxygen atoms in total. The number of piperazine rings is 1. The summed E-state index contributed by atoms with van der Waals surface area (Å²) in [7, 11) is 0. The standard InChI is InChI=1S/C17H19N5O2S/c18-16(25)15-17(20-4-3-19-15)22-7-5-21(6-8-22)10-12-1-2-13-14(9-12)24-11-23-13/h1-4,9H,5-8,10-11H2,(H2,18,25). The van der Waals surface area contributed by atoms with Gasteiger partial charge in [0.15, 0.2) is 17.3 Å².